The number of hydrogen-bond donors (Lipinski definition) is 0. The lowest BCUT2D eigenvalue weighted by molar-refractivity contribution is -0.149. The second kappa shape index (κ2) is 11.5. The van der Waals surface area contributed by atoms with Crippen molar-refractivity contribution in [1.82, 2.24) is 0 Å². The van der Waals surface area contributed by atoms with Crippen LogP contribution < -0.4 is 4.74 Å². The molecule has 0 amide bonds. The molecule has 6 rings (SSSR count). The summed E-state index contributed by atoms with van der Waals surface area (Å²) in [6.45, 7) is 0. The van der Waals surface area contributed by atoms with Gasteiger partial charge in [-0.15, -0.1) is 0 Å². The molecule has 4 fully saturated rings. The van der Waals surface area contributed by atoms with E-state index in [0.717, 1.165) is 42.8 Å². The van der Waals surface area contributed by atoms with Gasteiger partial charge < -0.3 is 18.8 Å². The molecule has 2 bridgehead atoms. The molecule has 2 aromatic carbocycles. The van der Waals surface area contributed by atoms with Crippen LogP contribution in [-0.4, -0.2) is 43.1 Å². The summed E-state index contributed by atoms with van der Waals surface area (Å²) in [7, 11) is -4.72. The van der Waals surface area contributed by atoms with Gasteiger partial charge in [-0.25, -0.2) is 13.2 Å². The first-order valence-corrected chi connectivity index (χ1v) is 18.0. The summed E-state index contributed by atoms with van der Waals surface area (Å²) in [6.07, 6.45) is 3.46. The number of ether oxygens (including phenoxy) is 3. The van der Waals surface area contributed by atoms with Crippen LogP contribution in [-0.2, 0) is 29.2 Å². The fourth-order valence-corrected chi connectivity index (χ4v) is 10.2. The van der Waals surface area contributed by atoms with Crippen molar-refractivity contribution in [2.45, 2.75) is 61.5 Å². The third-order valence-corrected chi connectivity index (χ3v) is 13.7. The second-order valence-corrected chi connectivity index (χ2v) is 15.8. The van der Waals surface area contributed by atoms with Crippen molar-refractivity contribution >= 4 is 95.8 Å². The molecule has 0 N–H and O–H groups in total. The average Bonchev–Trinajstić information content (AvgIpc) is 3.55. The van der Waals surface area contributed by atoms with E-state index in [-0.39, 0.29) is 22.5 Å². The van der Waals surface area contributed by atoms with Crippen LogP contribution in [0.15, 0.2) is 35.2 Å². The number of hydrogen-bond acceptors (Lipinski definition) is 9. The molecule has 4 aliphatic rings. The molecule has 0 spiro atoms. The van der Waals surface area contributed by atoms with Gasteiger partial charge in [0.1, 0.15) is 28.1 Å². The maximum absolute atomic E-state index is 13.6. The van der Waals surface area contributed by atoms with Gasteiger partial charge in [0.05, 0.1) is 22.3 Å². The van der Waals surface area contributed by atoms with Gasteiger partial charge >= 0.3 is 17.9 Å². The molecule has 0 radical (unpaired) electrons. The summed E-state index contributed by atoms with van der Waals surface area (Å²) in [4.78, 5) is 39.5. The minimum atomic E-state index is -4.72. The summed E-state index contributed by atoms with van der Waals surface area (Å²) in [6, 6.07) is 7.71. The highest BCUT2D eigenvalue weighted by Gasteiger charge is 2.70. The Hall–Kier alpha value is -1.05. The Labute approximate surface area is 278 Å². The minimum absolute atomic E-state index is 0.116. The van der Waals surface area contributed by atoms with Crippen molar-refractivity contribution in [1.29, 1.82) is 0 Å². The molecule has 41 heavy (non-hydrogen) atoms. The SMILES string of the molecule is O=C(OC1C2CC3C1OC(=O)C3C2C(=O)Oc1ccc(S(=O)(=O)[O-])c(C2CCCCC2)c1)c1c(I)ccc(I)c1I. The molecule has 218 valence electrons. The summed E-state index contributed by atoms with van der Waals surface area (Å²) in [5.74, 6) is -3.99. The van der Waals surface area contributed by atoms with E-state index in [1.54, 1.807) is 0 Å². The highest BCUT2D eigenvalue weighted by atomic mass is 127. The quantitative estimate of drug-likeness (QED) is 0.123. The highest BCUT2D eigenvalue weighted by molar-refractivity contribution is 14.1. The third kappa shape index (κ3) is 5.43. The normalized spacial score (nSPS) is 28.9. The monoisotopic (exact) mass is 917 g/mol. The number of halogens is 3. The molecule has 6 unspecified atom stereocenters. The van der Waals surface area contributed by atoms with Crippen molar-refractivity contribution in [2.24, 2.45) is 23.7 Å². The summed E-state index contributed by atoms with van der Waals surface area (Å²) >= 11 is 6.33. The summed E-state index contributed by atoms with van der Waals surface area (Å²) in [5, 5.41) is 0. The lowest BCUT2D eigenvalue weighted by Crippen LogP contribution is -2.44. The van der Waals surface area contributed by atoms with Gasteiger partial charge in [0.15, 0.2) is 0 Å². The number of fused-ring (bicyclic) bond motifs is 1. The van der Waals surface area contributed by atoms with Crippen molar-refractivity contribution < 1.29 is 41.6 Å². The van der Waals surface area contributed by atoms with Gasteiger partial charge in [0, 0.05) is 22.5 Å². The molecule has 2 aromatic rings. The van der Waals surface area contributed by atoms with Crippen LogP contribution in [0, 0.1) is 34.4 Å². The van der Waals surface area contributed by atoms with Crippen LogP contribution in [0.3, 0.4) is 0 Å². The molecule has 9 nitrogen and oxygen atoms in total. The number of esters is 3. The maximum Gasteiger partial charge on any atom is 0.340 e. The zero-order chi connectivity index (χ0) is 29.2. The van der Waals surface area contributed by atoms with E-state index in [1.165, 1.54) is 18.2 Å². The van der Waals surface area contributed by atoms with Crippen molar-refractivity contribution in [3.63, 3.8) is 0 Å². The Bertz CT molecular complexity index is 1550. The number of carbonyl (C=O) groups excluding carboxylic acids is 3. The lowest BCUT2D eigenvalue weighted by Gasteiger charge is -2.30. The molecule has 3 aliphatic carbocycles. The zero-order valence-electron chi connectivity index (χ0n) is 21.4. The molecule has 1 aliphatic heterocycles. The summed E-state index contributed by atoms with van der Waals surface area (Å²) < 4.78 is 55.7. The predicted octanol–water partition coefficient (Wildman–Crippen LogP) is 5.39. The predicted molar refractivity (Wildman–Crippen MR) is 168 cm³/mol. The Morgan fingerprint density at radius 2 is 1.68 bits per heavy atom. The van der Waals surface area contributed by atoms with Crippen LogP contribution >= 0.6 is 67.8 Å². The summed E-state index contributed by atoms with van der Waals surface area (Å²) in [5.41, 5.74) is 0.802. The molecule has 1 heterocycles. The highest BCUT2D eigenvalue weighted by Crippen LogP contribution is 2.59. The van der Waals surface area contributed by atoms with Gasteiger partial charge in [-0.3, -0.25) is 9.59 Å². The third-order valence-electron chi connectivity index (χ3n) is 8.82. The number of carbonyl (C=O) groups is 3. The average molecular weight is 917 g/mol. The first kappa shape index (κ1) is 30.0. The Morgan fingerprint density at radius 3 is 2.39 bits per heavy atom. The van der Waals surface area contributed by atoms with Gasteiger partial charge in [-0.2, -0.15) is 0 Å². The van der Waals surface area contributed by atoms with E-state index in [2.05, 4.69) is 67.8 Å². The fourth-order valence-electron chi connectivity index (χ4n) is 7.10. The Morgan fingerprint density at radius 1 is 0.976 bits per heavy atom. The van der Waals surface area contributed by atoms with Crippen LogP contribution in [0.25, 0.3) is 0 Å². The van der Waals surface area contributed by atoms with E-state index >= 15 is 0 Å². The van der Waals surface area contributed by atoms with E-state index < -0.39 is 58.0 Å². The molecular formula is C28H24I3O9S-. The van der Waals surface area contributed by atoms with E-state index in [9.17, 15) is 27.4 Å². The number of rotatable bonds is 6. The first-order valence-electron chi connectivity index (χ1n) is 13.3. The van der Waals surface area contributed by atoms with Gasteiger partial charge in [-0.1, -0.05) is 19.3 Å². The van der Waals surface area contributed by atoms with Crippen molar-refractivity contribution in [2.75, 3.05) is 0 Å². The fraction of sp³-hybridized carbons (Fsp3) is 0.464. The molecule has 1 saturated heterocycles. The molecule has 3 saturated carbocycles. The molecular weight excluding hydrogens is 893 g/mol. The molecule has 13 heteroatoms. The van der Waals surface area contributed by atoms with Crippen LogP contribution in [0.5, 0.6) is 5.75 Å². The van der Waals surface area contributed by atoms with E-state index in [1.807, 2.05) is 12.1 Å². The van der Waals surface area contributed by atoms with Crippen molar-refractivity contribution in [3.8, 4) is 5.75 Å². The standard InChI is InChI=1S/C28H25I3O9S/c29-17-7-8-18(30)23(31)22(17)28(34)40-25-15-11-16-21(27(33)39-24(16)25)20(15)26(32)38-13-6-9-19(41(35,36)37)14(10-13)12-4-2-1-3-5-12/h6-10,12,15-16,20-21,24-25H,1-5,11H2,(H,35,36,37)/p-1. The van der Waals surface area contributed by atoms with E-state index in [0.29, 0.717) is 17.5 Å². The topological polar surface area (TPSA) is 136 Å². The first-order chi connectivity index (χ1) is 19.5. The van der Waals surface area contributed by atoms with Crippen molar-refractivity contribution in [3.05, 3.63) is 52.2 Å². The van der Waals surface area contributed by atoms with E-state index in [4.69, 9.17) is 14.2 Å². The Balaban J connectivity index is 1.26. The van der Waals surface area contributed by atoms with Gasteiger partial charge in [0.2, 0.25) is 0 Å². The van der Waals surface area contributed by atoms with Crippen LogP contribution in [0.1, 0.15) is 60.4 Å². The van der Waals surface area contributed by atoms with Crippen LogP contribution in [0.2, 0.25) is 0 Å². The smallest absolute Gasteiger partial charge is 0.340 e. The molecule has 0 aromatic heterocycles. The Kier molecular flexibility index (Phi) is 8.39. The van der Waals surface area contributed by atoms with Crippen LogP contribution in [0.4, 0.5) is 0 Å². The largest absolute Gasteiger partial charge is 0.744 e. The number of benzene rings is 2. The lowest BCUT2D eigenvalue weighted by atomic mass is 9.78. The zero-order valence-corrected chi connectivity index (χ0v) is 28.7. The van der Waals surface area contributed by atoms with Gasteiger partial charge in [-0.05, 0) is 129 Å². The molecule has 6 atom stereocenters. The second-order valence-electron chi connectivity index (χ2n) is 11.0. The van der Waals surface area contributed by atoms with Gasteiger partial charge in [0.25, 0.3) is 0 Å². The minimum Gasteiger partial charge on any atom is -0.744 e. The maximum atomic E-state index is 13.6.